The normalized spacial score (nSPS) is 10.9. The largest absolute Gasteiger partial charge is 0.481 e. The van der Waals surface area contributed by atoms with E-state index in [0.29, 0.717) is 12.2 Å². The summed E-state index contributed by atoms with van der Waals surface area (Å²) in [5.41, 5.74) is 8.92. The zero-order valence-corrected chi connectivity index (χ0v) is 27.4. The number of ketones is 1. The van der Waals surface area contributed by atoms with Crippen LogP contribution in [0.1, 0.15) is 90.7 Å². The average Bonchev–Trinajstić information content (AvgIpc) is 3.34. The molecule has 2 N–H and O–H groups in total. The van der Waals surface area contributed by atoms with Gasteiger partial charge in [0.2, 0.25) is 0 Å². The van der Waals surface area contributed by atoms with E-state index in [9.17, 15) is 4.79 Å². The van der Waals surface area contributed by atoms with E-state index >= 15 is 0 Å². The molecule has 5 nitrogen and oxygen atoms in total. The Hall–Kier alpha value is -3.59. The number of carboxylic acids is 2. The average molecular weight is 677 g/mol. The van der Waals surface area contributed by atoms with Crippen molar-refractivity contribution < 1.29 is 45.0 Å². The number of aryl methyl sites for hydroxylation is 5. The maximum atomic E-state index is 11.8. The minimum absolute atomic E-state index is 0. The van der Waals surface area contributed by atoms with Gasteiger partial charge in [-0.2, -0.15) is 0 Å². The van der Waals surface area contributed by atoms with Crippen LogP contribution < -0.4 is 0 Å². The number of benzene rings is 3. The topological polar surface area (TPSA) is 91.7 Å². The van der Waals surface area contributed by atoms with E-state index in [2.05, 4.69) is 93.2 Å². The number of carbonyl (C=O) groups is 3. The number of hydrogen-bond donors (Lipinski definition) is 2. The third-order valence-electron chi connectivity index (χ3n) is 6.40. The molecule has 1 aliphatic rings. The molecule has 3 aromatic rings. The standard InChI is InChI=1S/C21H22O.C12H16.2C2H4O2.Pd/c1-2-16-8-5-9-17(14-16)6-3-4-7-18-10-11-19-12-13-21(22)20(19)15-18;1-3-5-7-12-9-6-8-11(4-2)10-12;2*1-2(3)4;/h4-5,7-11,14-15H,2-3,6,12-13H2,1H3;3,6,8-10H,1,4-5,7H2,2H3;2*1H3,(H,3,4);/b7-4+;;;;. The molecule has 234 valence electrons. The van der Waals surface area contributed by atoms with Crippen molar-refractivity contribution in [1.82, 2.24) is 0 Å². The number of Topliss-reactive ketones (excluding diaryl/α,β-unsaturated/α-hetero) is 1. The molecule has 43 heavy (non-hydrogen) atoms. The Morgan fingerprint density at radius 2 is 1.26 bits per heavy atom. The van der Waals surface area contributed by atoms with Gasteiger partial charge in [-0.3, -0.25) is 14.4 Å². The summed E-state index contributed by atoms with van der Waals surface area (Å²) in [5, 5.41) is 14.8. The second-order valence-corrected chi connectivity index (χ2v) is 9.99. The van der Waals surface area contributed by atoms with E-state index in [1.807, 2.05) is 12.1 Å². The van der Waals surface area contributed by atoms with Crippen LogP contribution in [0.4, 0.5) is 0 Å². The smallest absolute Gasteiger partial charge is 0.300 e. The van der Waals surface area contributed by atoms with Crippen molar-refractivity contribution in [3.05, 3.63) is 124 Å². The summed E-state index contributed by atoms with van der Waals surface area (Å²) < 4.78 is 0. The summed E-state index contributed by atoms with van der Waals surface area (Å²) in [4.78, 5) is 29.8. The van der Waals surface area contributed by atoms with Crippen LogP contribution in [0.2, 0.25) is 0 Å². The van der Waals surface area contributed by atoms with Crippen LogP contribution in [-0.4, -0.2) is 27.9 Å². The molecule has 0 radical (unpaired) electrons. The van der Waals surface area contributed by atoms with Crippen LogP contribution in [0.25, 0.3) is 6.08 Å². The maximum absolute atomic E-state index is 11.8. The molecule has 3 aromatic carbocycles. The molecule has 6 heteroatoms. The van der Waals surface area contributed by atoms with Gasteiger partial charge < -0.3 is 10.2 Å². The van der Waals surface area contributed by atoms with Gasteiger partial charge in [0.05, 0.1) is 0 Å². The van der Waals surface area contributed by atoms with Crippen molar-refractivity contribution in [3.8, 4) is 0 Å². The third-order valence-corrected chi connectivity index (χ3v) is 6.40. The first-order valence-corrected chi connectivity index (χ1v) is 14.6. The van der Waals surface area contributed by atoms with Crippen LogP contribution in [0.3, 0.4) is 0 Å². The monoisotopic (exact) mass is 676 g/mol. The van der Waals surface area contributed by atoms with Crippen molar-refractivity contribution in [2.75, 3.05) is 0 Å². The molecule has 0 amide bonds. The molecule has 0 bridgehead atoms. The number of carbonyl (C=O) groups excluding carboxylic acids is 1. The van der Waals surface area contributed by atoms with Gasteiger partial charge in [0.15, 0.2) is 5.78 Å². The van der Waals surface area contributed by atoms with Gasteiger partial charge in [-0.1, -0.05) is 92.7 Å². The van der Waals surface area contributed by atoms with E-state index in [1.165, 1.54) is 27.8 Å². The van der Waals surface area contributed by atoms with Crippen LogP contribution >= 0.6 is 0 Å². The van der Waals surface area contributed by atoms with Crippen LogP contribution in [0, 0.1) is 0 Å². The maximum Gasteiger partial charge on any atom is 0.300 e. The summed E-state index contributed by atoms with van der Waals surface area (Å²) in [6.45, 7) is 10.3. The van der Waals surface area contributed by atoms with Gasteiger partial charge in [0.25, 0.3) is 11.9 Å². The Morgan fingerprint density at radius 3 is 1.74 bits per heavy atom. The molecule has 0 saturated carbocycles. The number of hydrogen-bond acceptors (Lipinski definition) is 3. The molecule has 0 atom stereocenters. The molecular weight excluding hydrogens is 631 g/mol. The molecule has 0 heterocycles. The van der Waals surface area contributed by atoms with Crippen molar-refractivity contribution >= 4 is 23.8 Å². The first kappa shape index (κ1) is 39.4. The minimum Gasteiger partial charge on any atom is -0.481 e. The predicted molar refractivity (Wildman–Crippen MR) is 173 cm³/mol. The molecule has 0 unspecified atom stereocenters. The van der Waals surface area contributed by atoms with E-state index < -0.39 is 11.9 Å². The van der Waals surface area contributed by atoms with Gasteiger partial charge in [0.1, 0.15) is 0 Å². The molecule has 0 saturated heterocycles. The fourth-order valence-electron chi connectivity index (χ4n) is 4.31. The number of fused-ring (bicyclic) bond motifs is 1. The van der Waals surface area contributed by atoms with E-state index in [4.69, 9.17) is 19.8 Å². The van der Waals surface area contributed by atoms with E-state index in [1.54, 1.807) is 0 Å². The van der Waals surface area contributed by atoms with Crippen LogP contribution in [-0.2, 0) is 62.1 Å². The molecule has 0 aromatic heterocycles. The molecule has 0 spiro atoms. The molecule has 0 fully saturated rings. The Labute approximate surface area is 271 Å². The second kappa shape index (κ2) is 22.9. The van der Waals surface area contributed by atoms with Crippen molar-refractivity contribution in [2.45, 2.75) is 79.1 Å². The number of aliphatic carboxylic acids is 2. The SMILES string of the molecule is C=CCCc1cccc(CC)c1.CC(=O)O.CC(=O)O.CCc1cccc(CC/C=C/c2ccc3c(c2)C(=O)CC3)c1.[Pd]. The van der Waals surface area contributed by atoms with Crippen molar-refractivity contribution in [3.63, 3.8) is 0 Å². The zero-order chi connectivity index (χ0) is 31.3. The minimum atomic E-state index is -0.833. The summed E-state index contributed by atoms with van der Waals surface area (Å²) >= 11 is 0. The van der Waals surface area contributed by atoms with Crippen LogP contribution in [0.5, 0.6) is 0 Å². The van der Waals surface area contributed by atoms with Gasteiger partial charge in [0, 0.05) is 46.3 Å². The summed E-state index contributed by atoms with van der Waals surface area (Å²) in [6, 6.07) is 23.9. The third kappa shape index (κ3) is 17.9. The van der Waals surface area contributed by atoms with Gasteiger partial charge >= 0.3 is 0 Å². The van der Waals surface area contributed by atoms with Gasteiger partial charge in [-0.15, -0.1) is 6.58 Å². The molecular formula is C37H46O5Pd. The van der Waals surface area contributed by atoms with Crippen molar-refractivity contribution in [1.29, 1.82) is 0 Å². The Morgan fingerprint density at radius 1 is 0.767 bits per heavy atom. The van der Waals surface area contributed by atoms with Crippen LogP contribution in [0.15, 0.2) is 85.5 Å². The van der Waals surface area contributed by atoms with E-state index in [0.717, 1.165) is 69.9 Å². The summed E-state index contributed by atoms with van der Waals surface area (Å²) in [6.07, 6.45) is 14.4. The quantitative estimate of drug-likeness (QED) is 0.175. The zero-order valence-electron chi connectivity index (χ0n) is 25.9. The fraction of sp³-hybridized carbons (Fsp3) is 0.324. The fourth-order valence-corrected chi connectivity index (χ4v) is 4.31. The summed E-state index contributed by atoms with van der Waals surface area (Å²) in [7, 11) is 0. The second-order valence-electron chi connectivity index (χ2n) is 9.99. The number of rotatable bonds is 9. The van der Waals surface area contributed by atoms with E-state index in [-0.39, 0.29) is 20.4 Å². The first-order valence-electron chi connectivity index (χ1n) is 14.6. The predicted octanol–water partition coefficient (Wildman–Crippen LogP) is 8.57. The summed E-state index contributed by atoms with van der Waals surface area (Å²) in [5.74, 6) is -1.37. The Balaban J connectivity index is 0.000000707. The molecule has 1 aliphatic carbocycles. The first-order chi connectivity index (χ1) is 20.1. The Kier molecular flexibility index (Phi) is 21.0. The van der Waals surface area contributed by atoms with Gasteiger partial charge in [-0.25, -0.2) is 0 Å². The molecule has 0 aliphatic heterocycles. The molecule has 4 rings (SSSR count). The van der Waals surface area contributed by atoms with Crippen molar-refractivity contribution in [2.24, 2.45) is 0 Å². The Bertz CT molecular complexity index is 1310. The van der Waals surface area contributed by atoms with Gasteiger partial charge in [-0.05, 0) is 84.4 Å². The number of allylic oxidation sites excluding steroid dienone is 2. The number of carboxylic acid groups (broad SMARTS) is 2.